The molecule has 4 fully saturated rings. The number of allylic oxidation sites excluding steroid dienone is 2. The van der Waals surface area contributed by atoms with Gasteiger partial charge in [-0.2, -0.15) is 0 Å². The van der Waals surface area contributed by atoms with Crippen LogP contribution >= 0.6 is 43.5 Å². The number of rotatable bonds is 2. The van der Waals surface area contributed by atoms with Crippen LogP contribution in [0.3, 0.4) is 0 Å². The molecule has 0 amide bonds. The summed E-state index contributed by atoms with van der Waals surface area (Å²) in [6.07, 6.45) is 7.42. The Hall–Kier alpha value is -0.200. The third kappa shape index (κ3) is 2.27. The van der Waals surface area contributed by atoms with Crippen LogP contribution in [0, 0.1) is 39.9 Å². The van der Waals surface area contributed by atoms with E-state index in [2.05, 4.69) is 58.7 Å². The second-order valence-electron chi connectivity index (χ2n) is 11.4. The highest BCUT2D eigenvalue weighted by atomic mass is 79.9. The molecule has 1 aliphatic heterocycles. The van der Waals surface area contributed by atoms with E-state index in [4.69, 9.17) is 16.3 Å². The molecule has 1 saturated heterocycles. The predicted octanol–water partition coefficient (Wildman–Crippen LogP) is 5.93. The van der Waals surface area contributed by atoms with Crippen molar-refractivity contribution in [3.63, 3.8) is 0 Å². The lowest BCUT2D eigenvalue weighted by Crippen LogP contribution is -2.75. The molecule has 6 aliphatic rings. The van der Waals surface area contributed by atoms with E-state index < -0.39 is 31.4 Å². The van der Waals surface area contributed by atoms with Gasteiger partial charge in [0.05, 0.1) is 0 Å². The number of halogens is 3. The minimum atomic E-state index is -1.14. The molecule has 31 heavy (non-hydrogen) atoms. The molecule has 8 atom stereocenters. The van der Waals surface area contributed by atoms with Gasteiger partial charge in [-0.25, -0.2) is 9.59 Å². The topological polar surface area (TPSA) is 60.4 Å². The highest BCUT2D eigenvalue weighted by Crippen LogP contribution is 2.79. The number of ether oxygens (including phenoxy) is 1. The molecule has 0 unspecified atom stereocenters. The quantitative estimate of drug-likeness (QED) is 0.135. The molecule has 1 heterocycles. The lowest BCUT2D eigenvalue weighted by Gasteiger charge is -2.71. The van der Waals surface area contributed by atoms with Crippen molar-refractivity contribution in [1.82, 2.24) is 0 Å². The van der Waals surface area contributed by atoms with Gasteiger partial charge in [-0.15, -0.1) is 0 Å². The number of carbonyl (C=O) groups is 3. The first-order valence-electron chi connectivity index (χ1n) is 11.4. The summed E-state index contributed by atoms with van der Waals surface area (Å²) in [6, 6.07) is 0. The predicted molar refractivity (Wildman–Crippen MR) is 125 cm³/mol. The average molecular weight is 577 g/mol. The maximum absolute atomic E-state index is 13.3. The Labute approximate surface area is 205 Å². The Kier molecular flexibility index (Phi) is 4.72. The summed E-state index contributed by atoms with van der Waals surface area (Å²) in [4.78, 5) is 39.0. The normalized spacial score (nSPS) is 52.9. The number of alkyl halides is 2. The van der Waals surface area contributed by atoms with Crippen molar-refractivity contribution in [3.05, 3.63) is 11.6 Å². The van der Waals surface area contributed by atoms with E-state index in [1.807, 2.05) is 6.92 Å². The smallest absolute Gasteiger partial charge is 0.333 e. The fourth-order valence-electron chi connectivity index (χ4n) is 8.68. The second-order valence-corrected chi connectivity index (χ2v) is 14.2. The Bertz CT molecular complexity index is 948. The van der Waals surface area contributed by atoms with Gasteiger partial charge in [-0.3, -0.25) is 4.79 Å². The minimum absolute atomic E-state index is 0.131. The molecule has 2 bridgehead atoms. The largest absolute Gasteiger partial charge is 0.391 e. The van der Waals surface area contributed by atoms with Crippen LogP contribution in [0.1, 0.15) is 66.2 Å². The number of cyclic esters (lactones) is 2. The van der Waals surface area contributed by atoms with E-state index in [-0.39, 0.29) is 34.3 Å². The van der Waals surface area contributed by atoms with E-state index in [1.165, 1.54) is 5.57 Å². The summed E-state index contributed by atoms with van der Waals surface area (Å²) in [5.41, 5.74) is -0.000907. The van der Waals surface area contributed by atoms with Gasteiger partial charge in [-0.1, -0.05) is 77.6 Å². The lowest BCUT2D eigenvalue weighted by molar-refractivity contribution is -0.173. The monoisotopic (exact) mass is 574 g/mol. The molecule has 1 spiro atoms. The van der Waals surface area contributed by atoms with Gasteiger partial charge in [0, 0.05) is 16.7 Å². The van der Waals surface area contributed by atoms with Crippen molar-refractivity contribution < 1.29 is 19.1 Å². The van der Waals surface area contributed by atoms with E-state index in [1.54, 1.807) is 0 Å². The Balaban J connectivity index is 1.74. The van der Waals surface area contributed by atoms with E-state index in [0.29, 0.717) is 0 Å². The van der Waals surface area contributed by atoms with Crippen LogP contribution in [-0.4, -0.2) is 25.8 Å². The molecule has 0 aromatic carbocycles. The standard InChI is InChI=1S/C24H29Br2ClO4/c1-12(2)13-11-22-9-6-15-20(3,7-5-8-21(15,4)17(27)28)16(22)10-14(13)23(25)18(29)31-19(30)24(22,23)26/h11-12,14-16H,5-10H2,1-4H3/t14-,15+,16-,20-,21+,22-,23+,24-/m0/s1. The fourth-order valence-corrected chi connectivity index (χ4v) is 11.1. The Morgan fingerprint density at radius 1 is 1.13 bits per heavy atom. The van der Waals surface area contributed by atoms with Crippen molar-refractivity contribution in [2.45, 2.75) is 74.9 Å². The number of hydrogen-bond acceptors (Lipinski definition) is 4. The molecule has 3 saturated carbocycles. The molecular formula is C24H29Br2ClO4. The molecule has 4 nitrogen and oxygen atoms in total. The summed E-state index contributed by atoms with van der Waals surface area (Å²) < 4.78 is 3.11. The van der Waals surface area contributed by atoms with Crippen LogP contribution in [0.25, 0.3) is 0 Å². The van der Waals surface area contributed by atoms with Crippen molar-refractivity contribution >= 4 is 60.6 Å². The number of fused-ring (bicyclic) bond motifs is 1. The zero-order valence-corrected chi connectivity index (χ0v) is 22.3. The van der Waals surface area contributed by atoms with Gasteiger partial charge in [0.2, 0.25) is 5.24 Å². The highest BCUT2D eigenvalue weighted by molar-refractivity contribution is 9.13. The molecule has 0 aromatic rings. The van der Waals surface area contributed by atoms with Crippen LogP contribution in [0.5, 0.6) is 0 Å². The Morgan fingerprint density at radius 3 is 2.42 bits per heavy atom. The number of hydrogen-bond donors (Lipinski definition) is 0. The van der Waals surface area contributed by atoms with Crippen molar-refractivity contribution in [2.24, 2.45) is 39.9 Å². The molecule has 5 aliphatic carbocycles. The van der Waals surface area contributed by atoms with Crippen molar-refractivity contribution in [3.8, 4) is 0 Å². The zero-order chi connectivity index (χ0) is 22.8. The van der Waals surface area contributed by atoms with Gasteiger partial charge < -0.3 is 4.74 Å². The summed E-state index contributed by atoms with van der Waals surface area (Å²) in [5, 5.41) is -0.238. The highest BCUT2D eigenvalue weighted by Gasteiger charge is 2.84. The molecular weight excluding hydrogens is 548 g/mol. The second kappa shape index (κ2) is 6.47. The molecule has 7 heteroatoms. The number of carbonyl (C=O) groups excluding carboxylic acids is 3. The first-order valence-corrected chi connectivity index (χ1v) is 13.3. The summed E-state index contributed by atoms with van der Waals surface area (Å²) in [5.74, 6) is -0.487. The van der Waals surface area contributed by atoms with Gasteiger partial charge in [0.15, 0.2) is 8.65 Å². The first kappa shape index (κ1) is 22.6. The van der Waals surface area contributed by atoms with Gasteiger partial charge in [0.1, 0.15) is 0 Å². The van der Waals surface area contributed by atoms with Crippen molar-refractivity contribution in [1.29, 1.82) is 0 Å². The van der Waals surface area contributed by atoms with Crippen LogP contribution in [0.15, 0.2) is 11.6 Å². The van der Waals surface area contributed by atoms with E-state index in [0.717, 1.165) is 38.5 Å². The molecule has 0 aromatic heterocycles. The molecule has 170 valence electrons. The van der Waals surface area contributed by atoms with Crippen LogP contribution in [-0.2, 0) is 19.1 Å². The average Bonchev–Trinajstić information content (AvgIpc) is 2.88. The summed E-state index contributed by atoms with van der Waals surface area (Å²) >= 11 is 13.9. The van der Waals surface area contributed by atoms with Gasteiger partial charge in [-0.05, 0) is 66.9 Å². The number of esters is 2. The van der Waals surface area contributed by atoms with E-state index >= 15 is 0 Å². The third-order valence-corrected chi connectivity index (χ3v) is 14.2. The fraction of sp³-hybridized carbons (Fsp3) is 0.792. The third-order valence-electron chi connectivity index (χ3n) is 10.0. The summed E-state index contributed by atoms with van der Waals surface area (Å²) in [6.45, 7) is 8.65. The molecule has 0 radical (unpaired) electrons. The zero-order valence-electron chi connectivity index (χ0n) is 18.4. The summed E-state index contributed by atoms with van der Waals surface area (Å²) in [7, 11) is 0. The van der Waals surface area contributed by atoms with Gasteiger partial charge in [0.25, 0.3) is 0 Å². The SMILES string of the molecule is CC(C)C1=C[C@@]23CC[C@@H]4[C@](C)(CCC[C@@]4(C)C(=O)Cl)[C@@H]2C[C@@H]1[C@@]1(Br)C(=O)OC(=O)[C@]31Br. The Morgan fingerprint density at radius 2 is 1.81 bits per heavy atom. The van der Waals surface area contributed by atoms with E-state index in [9.17, 15) is 14.4 Å². The van der Waals surface area contributed by atoms with Crippen LogP contribution < -0.4 is 0 Å². The van der Waals surface area contributed by atoms with Crippen LogP contribution in [0.2, 0.25) is 0 Å². The maximum atomic E-state index is 13.3. The first-order chi connectivity index (χ1) is 14.3. The minimum Gasteiger partial charge on any atom is -0.391 e. The lowest BCUT2D eigenvalue weighted by atomic mass is 9.34. The van der Waals surface area contributed by atoms with Crippen molar-refractivity contribution in [2.75, 3.05) is 0 Å². The molecule has 6 rings (SSSR count). The van der Waals surface area contributed by atoms with Gasteiger partial charge >= 0.3 is 11.9 Å². The van der Waals surface area contributed by atoms with Crippen LogP contribution in [0.4, 0.5) is 0 Å². The molecule has 0 N–H and O–H groups in total. The maximum Gasteiger partial charge on any atom is 0.333 e.